The molecule has 10 nitrogen and oxygen atoms in total. The van der Waals surface area contributed by atoms with Crippen LogP contribution < -0.4 is 0 Å². The minimum Gasteiger partial charge on any atom is -0.449 e. The second-order valence-corrected chi connectivity index (χ2v) is 6.16. The lowest BCUT2D eigenvalue weighted by molar-refractivity contribution is -0.207. The highest BCUT2D eigenvalue weighted by Gasteiger charge is 2.49. The molecule has 2 aliphatic heterocycles. The number of ketones is 1. The van der Waals surface area contributed by atoms with E-state index in [0.29, 0.717) is 5.06 Å². The monoisotopic (exact) mass is 357 g/mol. The van der Waals surface area contributed by atoms with Gasteiger partial charge in [-0.3, -0.25) is 14.4 Å². The Bertz CT molecular complexity index is 610. The molecule has 2 aliphatic rings. The van der Waals surface area contributed by atoms with Crippen LogP contribution in [0.3, 0.4) is 0 Å². The molecule has 0 aromatic carbocycles. The summed E-state index contributed by atoms with van der Waals surface area (Å²) in [6, 6.07) is 0. The largest absolute Gasteiger partial charge is 0.449 e. The average molecular weight is 357 g/mol. The predicted molar refractivity (Wildman–Crippen MR) is 77.2 cm³/mol. The van der Waals surface area contributed by atoms with Gasteiger partial charge in [0.2, 0.25) is 0 Å². The van der Waals surface area contributed by atoms with Crippen LogP contribution in [0.4, 0.5) is 0 Å². The smallest absolute Gasteiger partial charge is 0.373 e. The van der Waals surface area contributed by atoms with E-state index in [0.717, 1.165) is 0 Å². The summed E-state index contributed by atoms with van der Waals surface area (Å²) in [5, 5.41) is 0.351. The zero-order valence-electron chi connectivity index (χ0n) is 14.3. The normalized spacial score (nSPS) is 26.5. The van der Waals surface area contributed by atoms with E-state index in [1.54, 1.807) is 0 Å². The number of imide groups is 1. The third-order valence-corrected chi connectivity index (χ3v) is 3.54. The molecule has 2 rings (SSSR count). The molecule has 2 saturated heterocycles. The maximum Gasteiger partial charge on any atom is 0.373 e. The van der Waals surface area contributed by atoms with Gasteiger partial charge in [0.05, 0.1) is 0 Å². The zero-order chi connectivity index (χ0) is 18.9. The average Bonchev–Trinajstić information content (AvgIpc) is 3.00. The first kappa shape index (κ1) is 19.0. The van der Waals surface area contributed by atoms with E-state index in [9.17, 15) is 24.0 Å². The van der Waals surface area contributed by atoms with Gasteiger partial charge in [0.25, 0.3) is 11.8 Å². The van der Waals surface area contributed by atoms with E-state index in [1.165, 1.54) is 27.7 Å². The van der Waals surface area contributed by atoms with E-state index in [1.807, 2.05) is 0 Å². The number of nitrogens with zero attached hydrogens (tertiary/aromatic N) is 1. The molecule has 138 valence electrons. The maximum atomic E-state index is 12.2. The molecular formula is C15H19NO9. The van der Waals surface area contributed by atoms with Crippen molar-refractivity contribution in [3.63, 3.8) is 0 Å². The number of hydroxylamine groups is 2. The molecule has 2 amide bonds. The van der Waals surface area contributed by atoms with Crippen molar-refractivity contribution in [2.24, 2.45) is 0 Å². The van der Waals surface area contributed by atoms with Crippen molar-refractivity contribution in [3.8, 4) is 0 Å². The first-order chi connectivity index (χ1) is 11.5. The van der Waals surface area contributed by atoms with Crippen LogP contribution in [0.25, 0.3) is 0 Å². The van der Waals surface area contributed by atoms with E-state index in [-0.39, 0.29) is 12.8 Å². The third-order valence-electron chi connectivity index (χ3n) is 3.54. The first-order valence-electron chi connectivity index (χ1n) is 7.66. The molecule has 2 fully saturated rings. The lowest BCUT2D eigenvalue weighted by Gasteiger charge is -2.19. The highest BCUT2D eigenvalue weighted by Crippen LogP contribution is 2.29. The Morgan fingerprint density at radius 3 is 2.16 bits per heavy atom. The van der Waals surface area contributed by atoms with Gasteiger partial charge in [0, 0.05) is 12.8 Å². The van der Waals surface area contributed by atoms with Crippen LogP contribution in [0, 0.1) is 0 Å². The number of carbonyl (C=O) groups excluding carboxylic acids is 5. The number of hydrogen-bond acceptors (Lipinski definition) is 9. The Morgan fingerprint density at radius 1 is 1.12 bits per heavy atom. The molecule has 0 aliphatic carbocycles. The van der Waals surface area contributed by atoms with Crippen molar-refractivity contribution in [2.45, 2.75) is 64.6 Å². The van der Waals surface area contributed by atoms with Crippen molar-refractivity contribution in [1.82, 2.24) is 5.06 Å². The molecule has 25 heavy (non-hydrogen) atoms. The highest BCUT2D eigenvalue weighted by molar-refractivity contribution is 6.01. The summed E-state index contributed by atoms with van der Waals surface area (Å²) < 4.78 is 15.6. The standard InChI is InChI=1S/C15H19NO9/c1-7(17)11-12(24-15(3,4)23-11)14(21)22-8(2)13(20)25-16-9(18)5-6-10(16)19/h8,11-12H,5-6H2,1-4H3/t8-,11-,12+/m0/s1. The zero-order valence-corrected chi connectivity index (χ0v) is 14.3. The second kappa shape index (κ2) is 6.89. The van der Waals surface area contributed by atoms with Crippen LogP contribution in [0.1, 0.15) is 40.5 Å². The minimum atomic E-state index is -1.42. The van der Waals surface area contributed by atoms with Gasteiger partial charge in [-0.2, -0.15) is 0 Å². The van der Waals surface area contributed by atoms with Gasteiger partial charge in [-0.1, -0.05) is 0 Å². The number of ether oxygens (including phenoxy) is 3. The number of rotatable bonds is 5. The van der Waals surface area contributed by atoms with Crippen LogP contribution in [0.15, 0.2) is 0 Å². The van der Waals surface area contributed by atoms with Crippen LogP contribution in [-0.4, -0.2) is 58.7 Å². The summed E-state index contributed by atoms with van der Waals surface area (Å²) in [5.74, 6) is -5.00. The Hall–Kier alpha value is -2.33. The summed E-state index contributed by atoms with van der Waals surface area (Å²) in [6.07, 6.45) is -4.02. The minimum absolute atomic E-state index is 0.0527. The summed E-state index contributed by atoms with van der Waals surface area (Å²) in [6.45, 7) is 5.49. The molecule has 0 bridgehead atoms. The Kier molecular flexibility index (Phi) is 5.23. The van der Waals surface area contributed by atoms with Crippen molar-refractivity contribution in [2.75, 3.05) is 0 Å². The fourth-order valence-electron chi connectivity index (χ4n) is 2.34. The van der Waals surface area contributed by atoms with Crippen molar-refractivity contribution >= 4 is 29.5 Å². The molecule has 0 aromatic heterocycles. The molecule has 0 aromatic rings. The molecular weight excluding hydrogens is 338 g/mol. The highest BCUT2D eigenvalue weighted by atomic mass is 16.8. The fraction of sp³-hybridized carbons (Fsp3) is 0.667. The van der Waals surface area contributed by atoms with Crippen LogP contribution in [-0.2, 0) is 43.0 Å². The van der Waals surface area contributed by atoms with Gasteiger partial charge in [-0.25, -0.2) is 9.59 Å². The molecule has 0 saturated carbocycles. The van der Waals surface area contributed by atoms with E-state index >= 15 is 0 Å². The maximum absolute atomic E-state index is 12.2. The van der Waals surface area contributed by atoms with E-state index in [4.69, 9.17) is 14.2 Å². The Labute approximate surface area is 143 Å². The third kappa shape index (κ3) is 4.20. The van der Waals surface area contributed by atoms with Gasteiger partial charge in [0.15, 0.2) is 29.9 Å². The van der Waals surface area contributed by atoms with Gasteiger partial charge >= 0.3 is 11.9 Å². The molecule has 0 unspecified atom stereocenters. The topological polar surface area (TPSA) is 126 Å². The SMILES string of the molecule is CC(=O)[C@@H]1OC(C)(C)O[C@H]1C(=O)O[C@@H](C)C(=O)ON1C(=O)CCC1=O. The van der Waals surface area contributed by atoms with Crippen LogP contribution in [0.5, 0.6) is 0 Å². The van der Waals surface area contributed by atoms with Crippen LogP contribution in [0.2, 0.25) is 0 Å². The molecule has 2 heterocycles. The predicted octanol–water partition coefficient (Wildman–Crippen LogP) is -0.366. The fourth-order valence-corrected chi connectivity index (χ4v) is 2.34. The number of amides is 2. The van der Waals surface area contributed by atoms with Gasteiger partial charge in [-0.05, 0) is 27.7 Å². The number of Topliss-reactive ketones (excluding diaryl/α,β-unsaturated/α-hetero) is 1. The number of carbonyl (C=O) groups is 5. The molecule has 0 spiro atoms. The van der Waals surface area contributed by atoms with E-state index < -0.39 is 53.6 Å². The van der Waals surface area contributed by atoms with E-state index in [2.05, 4.69) is 4.84 Å². The van der Waals surface area contributed by atoms with Gasteiger partial charge in [-0.15, -0.1) is 5.06 Å². The number of esters is 1. The van der Waals surface area contributed by atoms with Crippen molar-refractivity contribution in [3.05, 3.63) is 0 Å². The van der Waals surface area contributed by atoms with Crippen LogP contribution >= 0.6 is 0 Å². The molecule has 3 atom stereocenters. The summed E-state index contributed by atoms with van der Waals surface area (Å²) >= 11 is 0. The summed E-state index contributed by atoms with van der Waals surface area (Å²) in [5.41, 5.74) is 0. The Balaban J connectivity index is 1.97. The molecule has 0 radical (unpaired) electrons. The molecule has 10 heteroatoms. The first-order valence-corrected chi connectivity index (χ1v) is 7.66. The Morgan fingerprint density at radius 2 is 1.64 bits per heavy atom. The summed E-state index contributed by atoms with van der Waals surface area (Å²) in [4.78, 5) is 63.2. The summed E-state index contributed by atoms with van der Waals surface area (Å²) in [7, 11) is 0. The second-order valence-electron chi connectivity index (χ2n) is 6.16. The molecule has 0 N–H and O–H groups in total. The van der Waals surface area contributed by atoms with Gasteiger partial charge in [0.1, 0.15) is 0 Å². The number of hydrogen-bond donors (Lipinski definition) is 0. The lowest BCUT2D eigenvalue weighted by Crippen LogP contribution is -2.42. The van der Waals surface area contributed by atoms with Crippen molar-refractivity contribution < 1.29 is 43.0 Å². The quantitative estimate of drug-likeness (QED) is 0.478. The van der Waals surface area contributed by atoms with Gasteiger partial charge < -0.3 is 19.0 Å². The lowest BCUT2D eigenvalue weighted by atomic mass is 10.1. The van der Waals surface area contributed by atoms with Crippen molar-refractivity contribution in [1.29, 1.82) is 0 Å².